The molecule has 0 saturated heterocycles. The van der Waals surface area contributed by atoms with Gasteiger partial charge in [-0.25, -0.2) is 10.8 Å². The number of nitrogens with zero attached hydrogens (tertiary/aromatic N) is 1. The van der Waals surface area contributed by atoms with Crippen molar-refractivity contribution < 1.29 is 4.74 Å². The molecule has 14 heavy (non-hydrogen) atoms. The van der Waals surface area contributed by atoms with E-state index in [0.717, 1.165) is 6.42 Å². The maximum atomic E-state index is 5.34. The van der Waals surface area contributed by atoms with Crippen LogP contribution in [0.25, 0.3) is 0 Å². The van der Waals surface area contributed by atoms with Crippen molar-refractivity contribution in [1.82, 2.24) is 10.7 Å². The third kappa shape index (κ3) is 5.77. The molecule has 5 heteroatoms. The van der Waals surface area contributed by atoms with Gasteiger partial charge < -0.3 is 10.1 Å². The topological polar surface area (TPSA) is 71.7 Å². The average Bonchev–Trinajstić information content (AvgIpc) is 2.16. The normalized spacial score (nSPS) is 16.2. The van der Waals surface area contributed by atoms with E-state index < -0.39 is 0 Å². The van der Waals surface area contributed by atoms with Crippen molar-refractivity contribution >= 4 is 5.96 Å². The maximum absolute atomic E-state index is 5.34. The van der Waals surface area contributed by atoms with Gasteiger partial charge in [-0.2, -0.15) is 0 Å². The van der Waals surface area contributed by atoms with Crippen molar-refractivity contribution in [2.24, 2.45) is 10.8 Å². The van der Waals surface area contributed by atoms with E-state index in [1.54, 1.807) is 7.11 Å². The molecule has 0 aromatic carbocycles. The third-order valence-electron chi connectivity index (χ3n) is 1.88. The molecular weight excluding hydrogens is 180 g/mol. The summed E-state index contributed by atoms with van der Waals surface area (Å²) in [5.41, 5.74) is 2.54. The van der Waals surface area contributed by atoms with Crippen molar-refractivity contribution in [1.29, 1.82) is 0 Å². The Morgan fingerprint density at radius 1 is 1.50 bits per heavy atom. The average molecular weight is 202 g/mol. The van der Waals surface area contributed by atoms with E-state index >= 15 is 0 Å². The molecule has 0 heterocycles. The molecule has 0 saturated carbocycles. The van der Waals surface area contributed by atoms with Gasteiger partial charge in [0.2, 0.25) is 5.96 Å². The Balaban J connectivity index is 4.07. The summed E-state index contributed by atoms with van der Waals surface area (Å²) in [6, 6.07) is 0.460. The largest absolute Gasteiger partial charge is 0.383 e. The highest BCUT2D eigenvalue weighted by molar-refractivity contribution is 5.79. The first-order valence-corrected chi connectivity index (χ1v) is 4.93. The zero-order valence-electron chi connectivity index (χ0n) is 9.50. The molecule has 84 valence electrons. The Kier molecular flexibility index (Phi) is 7.14. The molecule has 0 fully saturated rings. The first-order chi connectivity index (χ1) is 6.63. The second kappa shape index (κ2) is 7.58. The lowest BCUT2D eigenvalue weighted by molar-refractivity contribution is 0.179. The van der Waals surface area contributed by atoms with E-state index in [1.165, 1.54) is 0 Å². The number of aliphatic imine (C=N–C) groups is 1. The van der Waals surface area contributed by atoms with Gasteiger partial charge in [0, 0.05) is 13.2 Å². The molecule has 0 spiro atoms. The predicted molar refractivity (Wildman–Crippen MR) is 59.0 cm³/mol. The number of hydrogen-bond acceptors (Lipinski definition) is 3. The molecular formula is C9H22N4O. The molecule has 0 bridgehead atoms. The minimum Gasteiger partial charge on any atom is -0.383 e. The molecule has 0 radical (unpaired) electrons. The van der Waals surface area contributed by atoms with Gasteiger partial charge in [-0.1, -0.05) is 6.92 Å². The van der Waals surface area contributed by atoms with Gasteiger partial charge in [-0.15, -0.1) is 0 Å². The number of methoxy groups -OCH3 is 1. The van der Waals surface area contributed by atoms with Gasteiger partial charge in [0.25, 0.3) is 0 Å². The molecule has 0 rings (SSSR count). The Morgan fingerprint density at radius 3 is 2.57 bits per heavy atom. The third-order valence-corrected chi connectivity index (χ3v) is 1.88. The Morgan fingerprint density at radius 2 is 2.14 bits per heavy atom. The number of hydrogen-bond donors (Lipinski definition) is 3. The lowest BCUT2D eigenvalue weighted by Crippen LogP contribution is -2.47. The molecule has 0 aliphatic heterocycles. The summed E-state index contributed by atoms with van der Waals surface area (Å²) in [7, 11) is 1.67. The zero-order valence-corrected chi connectivity index (χ0v) is 9.50. The van der Waals surface area contributed by atoms with Crippen LogP contribution in [0.1, 0.15) is 27.2 Å². The zero-order chi connectivity index (χ0) is 11.0. The van der Waals surface area contributed by atoms with E-state index in [4.69, 9.17) is 10.6 Å². The van der Waals surface area contributed by atoms with E-state index in [2.05, 4.69) is 22.7 Å². The second-order valence-electron chi connectivity index (χ2n) is 3.38. The molecule has 0 aliphatic rings. The smallest absolute Gasteiger partial charge is 0.206 e. The van der Waals surface area contributed by atoms with Crippen molar-refractivity contribution in [3.8, 4) is 0 Å². The van der Waals surface area contributed by atoms with E-state index in [1.807, 2.05) is 13.8 Å². The lowest BCUT2D eigenvalue weighted by atomic mass is 10.3. The van der Waals surface area contributed by atoms with Gasteiger partial charge >= 0.3 is 0 Å². The van der Waals surface area contributed by atoms with Crippen molar-refractivity contribution in [2.75, 3.05) is 13.7 Å². The molecule has 0 aromatic rings. The van der Waals surface area contributed by atoms with Crippen LogP contribution in [-0.4, -0.2) is 31.8 Å². The van der Waals surface area contributed by atoms with Gasteiger partial charge in [0.15, 0.2) is 0 Å². The summed E-state index contributed by atoms with van der Waals surface area (Å²) in [5, 5.41) is 3.12. The molecule has 2 unspecified atom stereocenters. The minimum absolute atomic E-state index is 0.193. The summed E-state index contributed by atoms with van der Waals surface area (Å²) in [5.74, 6) is 5.95. The SMILES string of the molecule is CCC(C)N=C(NN)NC(C)COC. The van der Waals surface area contributed by atoms with Crippen LogP contribution in [0.5, 0.6) is 0 Å². The predicted octanol–water partition coefficient (Wildman–Crippen LogP) is 0.229. The van der Waals surface area contributed by atoms with Crippen molar-refractivity contribution in [3.63, 3.8) is 0 Å². The Hall–Kier alpha value is -0.810. The number of hydrazine groups is 1. The summed E-state index contributed by atoms with van der Waals surface area (Å²) in [4.78, 5) is 4.35. The number of ether oxygens (including phenoxy) is 1. The van der Waals surface area contributed by atoms with Crippen molar-refractivity contribution in [3.05, 3.63) is 0 Å². The van der Waals surface area contributed by atoms with E-state index in [-0.39, 0.29) is 12.1 Å². The number of nitrogens with two attached hydrogens (primary N) is 1. The monoisotopic (exact) mass is 202 g/mol. The van der Waals surface area contributed by atoms with Gasteiger partial charge in [-0.05, 0) is 20.3 Å². The molecule has 5 nitrogen and oxygen atoms in total. The fourth-order valence-electron chi connectivity index (χ4n) is 0.953. The highest BCUT2D eigenvalue weighted by Crippen LogP contribution is 1.94. The van der Waals surface area contributed by atoms with Crippen LogP contribution in [-0.2, 0) is 4.74 Å². The van der Waals surface area contributed by atoms with Crippen LogP contribution < -0.4 is 16.6 Å². The fourth-order valence-corrected chi connectivity index (χ4v) is 0.953. The van der Waals surface area contributed by atoms with E-state index in [9.17, 15) is 0 Å². The highest BCUT2D eigenvalue weighted by Gasteiger charge is 2.04. The minimum atomic E-state index is 0.193. The Labute approximate surface area is 86.1 Å². The quantitative estimate of drug-likeness (QED) is 0.258. The summed E-state index contributed by atoms with van der Waals surface area (Å²) in [6.45, 7) is 6.76. The molecule has 0 aromatic heterocycles. The van der Waals surface area contributed by atoms with Crippen LogP contribution in [0.4, 0.5) is 0 Å². The second-order valence-corrected chi connectivity index (χ2v) is 3.38. The highest BCUT2D eigenvalue weighted by atomic mass is 16.5. The van der Waals surface area contributed by atoms with E-state index in [0.29, 0.717) is 12.6 Å². The molecule has 2 atom stereocenters. The first-order valence-electron chi connectivity index (χ1n) is 4.93. The maximum Gasteiger partial charge on any atom is 0.206 e. The van der Waals surface area contributed by atoms with Crippen LogP contribution in [0.15, 0.2) is 4.99 Å². The number of nitrogens with one attached hydrogen (secondary N) is 2. The summed E-state index contributed by atoms with van der Waals surface area (Å²) < 4.78 is 4.99. The summed E-state index contributed by atoms with van der Waals surface area (Å²) >= 11 is 0. The Bertz CT molecular complexity index is 172. The van der Waals surface area contributed by atoms with Gasteiger partial charge in [0.1, 0.15) is 0 Å². The van der Waals surface area contributed by atoms with Crippen LogP contribution in [0.3, 0.4) is 0 Å². The molecule has 4 N–H and O–H groups in total. The van der Waals surface area contributed by atoms with Crippen LogP contribution in [0, 0.1) is 0 Å². The molecule has 0 aliphatic carbocycles. The van der Waals surface area contributed by atoms with Gasteiger partial charge in [0.05, 0.1) is 12.6 Å². The van der Waals surface area contributed by atoms with Gasteiger partial charge in [-0.3, -0.25) is 5.43 Å². The standard InChI is InChI=1S/C9H22N4O/c1-5-7(2)11-9(13-10)12-8(3)6-14-4/h7-8H,5-6,10H2,1-4H3,(H2,11,12,13). The van der Waals surface area contributed by atoms with Crippen LogP contribution in [0.2, 0.25) is 0 Å². The number of guanidine groups is 1. The fraction of sp³-hybridized carbons (Fsp3) is 0.889. The molecule has 0 amide bonds. The lowest BCUT2D eigenvalue weighted by Gasteiger charge is -2.16. The van der Waals surface area contributed by atoms with Crippen molar-refractivity contribution in [2.45, 2.75) is 39.3 Å². The first kappa shape index (κ1) is 13.2. The van der Waals surface area contributed by atoms with Crippen LogP contribution >= 0.6 is 0 Å². The summed E-state index contributed by atoms with van der Waals surface area (Å²) in [6.07, 6.45) is 0.992. The number of rotatable bonds is 5.